The van der Waals surface area contributed by atoms with Crippen molar-refractivity contribution in [1.82, 2.24) is 45.1 Å². The summed E-state index contributed by atoms with van der Waals surface area (Å²) >= 11 is 0. The fraction of sp³-hybridized carbons (Fsp3) is 0.421. The van der Waals surface area contributed by atoms with E-state index in [2.05, 4.69) is 29.5 Å². The first-order chi connectivity index (χ1) is 24.1. The number of aryl methyl sites for hydroxylation is 2. The number of nitrogens with zero attached hydrogens (tertiary/aromatic N) is 6. The van der Waals surface area contributed by atoms with Gasteiger partial charge in [0.1, 0.15) is 17.7 Å². The molecule has 50 heavy (non-hydrogen) atoms. The van der Waals surface area contributed by atoms with Gasteiger partial charge in [0.25, 0.3) is 0 Å². The Morgan fingerprint density at radius 2 is 1.68 bits per heavy atom. The molecule has 0 unspecified atom stereocenters. The fourth-order valence-electron chi connectivity index (χ4n) is 6.88. The molecule has 0 saturated carbocycles. The van der Waals surface area contributed by atoms with E-state index in [1.165, 1.54) is 0 Å². The maximum absolute atomic E-state index is 14.0. The highest BCUT2D eigenvalue weighted by Gasteiger charge is 2.30. The van der Waals surface area contributed by atoms with Gasteiger partial charge in [-0.2, -0.15) is 10.2 Å². The minimum absolute atomic E-state index is 0.0426. The lowest BCUT2D eigenvalue weighted by molar-refractivity contribution is -0.131. The molecule has 0 fully saturated rings. The Balaban J connectivity index is 1.28. The predicted molar refractivity (Wildman–Crippen MR) is 192 cm³/mol. The lowest BCUT2D eigenvalue weighted by Gasteiger charge is -2.27. The molecular formula is C38H47N9O3. The monoisotopic (exact) mass is 677 g/mol. The minimum Gasteiger partial charge on any atom is -0.361 e. The molecule has 5 aromatic rings. The number of hydrogen-bond acceptors (Lipinski definition) is 6. The molecule has 12 nitrogen and oxygen atoms in total. The van der Waals surface area contributed by atoms with Crippen molar-refractivity contribution in [1.29, 1.82) is 0 Å². The van der Waals surface area contributed by atoms with Crippen molar-refractivity contribution in [3.05, 3.63) is 95.0 Å². The van der Waals surface area contributed by atoms with Crippen molar-refractivity contribution in [2.24, 2.45) is 5.92 Å². The van der Waals surface area contributed by atoms with Gasteiger partial charge in [0, 0.05) is 54.3 Å². The lowest BCUT2D eigenvalue weighted by atomic mass is 10.0. The maximum Gasteiger partial charge on any atom is 0.243 e. The first-order valence-electron chi connectivity index (χ1n) is 17.5. The van der Waals surface area contributed by atoms with E-state index in [9.17, 15) is 14.4 Å². The van der Waals surface area contributed by atoms with Crippen LogP contribution in [0.25, 0.3) is 16.6 Å². The first kappa shape index (κ1) is 34.6. The van der Waals surface area contributed by atoms with Crippen LogP contribution in [0.3, 0.4) is 0 Å². The number of rotatable bonds is 7. The second kappa shape index (κ2) is 15.1. The van der Waals surface area contributed by atoms with E-state index in [1.54, 1.807) is 0 Å². The third kappa shape index (κ3) is 7.79. The third-order valence-electron chi connectivity index (χ3n) is 9.43. The van der Waals surface area contributed by atoms with Gasteiger partial charge in [-0.3, -0.25) is 14.4 Å². The molecule has 6 rings (SSSR count). The summed E-state index contributed by atoms with van der Waals surface area (Å²) in [5.41, 5.74) is 5.48. The van der Waals surface area contributed by atoms with Crippen LogP contribution < -0.4 is 10.6 Å². The number of para-hydroxylation sites is 2. The van der Waals surface area contributed by atoms with Gasteiger partial charge in [-0.05, 0) is 63.3 Å². The molecule has 4 heterocycles. The molecule has 1 aliphatic rings. The summed E-state index contributed by atoms with van der Waals surface area (Å²) in [5.74, 6) is 0.934. The van der Waals surface area contributed by atoms with Gasteiger partial charge in [0.2, 0.25) is 17.7 Å². The number of nitrogens with one attached hydrogen (secondary N) is 3. The number of amides is 3. The number of hydrogen-bond donors (Lipinski definition) is 3. The van der Waals surface area contributed by atoms with Crippen LogP contribution in [0.2, 0.25) is 0 Å². The Kier molecular flexibility index (Phi) is 10.4. The lowest BCUT2D eigenvalue weighted by Crippen LogP contribution is -2.49. The molecule has 0 aliphatic carbocycles. The minimum atomic E-state index is -0.804. The second-order valence-electron chi connectivity index (χ2n) is 13.7. The average molecular weight is 678 g/mol. The van der Waals surface area contributed by atoms with Crippen LogP contribution in [0.4, 0.5) is 0 Å². The van der Waals surface area contributed by atoms with Crippen LogP contribution in [-0.2, 0) is 33.8 Å². The van der Waals surface area contributed by atoms with Crippen molar-refractivity contribution < 1.29 is 14.4 Å². The highest BCUT2D eigenvalue weighted by molar-refractivity contribution is 5.90. The molecule has 1 aliphatic heterocycles. The Bertz CT molecular complexity index is 1970. The highest BCUT2D eigenvalue weighted by Crippen LogP contribution is 2.24. The zero-order chi connectivity index (χ0) is 35.4. The van der Waals surface area contributed by atoms with Crippen LogP contribution in [0.1, 0.15) is 73.3 Å². The molecule has 2 atom stereocenters. The molecule has 262 valence electrons. The number of aromatic amines is 1. The van der Waals surface area contributed by atoms with Crippen molar-refractivity contribution in [3.8, 4) is 5.69 Å². The van der Waals surface area contributed by atoms with E-state index in [4.69, 9.17) is 15.2 Å². The Labute approximate surface area is 292 Å². The van der Waals surface area contributed by atoms with E-state index in [0.717, 1.165) is 39.1 Å². The summed E-state index contributed by atoms with van der Waals surface area (Å²) in [5, 5.41) is 16.7. The van der Waals surface area contributed by atoms with Gasteiger partial charge in [0.15, 0.2) is 0 Å². The van der Waals surface area contributed by atoms with E-state index in [1.807, 2.05) is 95.8 Å². The van der Waals surface area contributed by atoms with Crippen molar-refractivity contribution in [2.75, 3.05) is 13.1 Å². The second-order valence-corrected chi connectivity index (χ2v) is 13.7. The first-order valence-corrected chi connectivity index (χ1v) is 17.5. The molecule has 3 N–H and O–H groups in total. The standard InChI is InChI=1S/C38H47N9O3/c1-24(2)20-33-37-40-27(5)44-46(37)19-18-45(36(49)22-31-25(3)43-47(26(31)4)29-12-7-6-8-13-29)17-11-16-35(48)41-34(38(50)42-33)21-28-23-39-32-15-10-9-14-30(28)32/h6-10,12-15,23-24,33-34,39H,11,16-22H2,1-5H3,(H,41,48)(H,42,50)/t33-,34+/m0/s1. The van der Waals surface area contributed by atoms with Crippen molar-refractivity contribution in [3.63, 3.8) is 0 Å². The summed E-state index contributed by atoms with van der Waals surface area (Å²) in [6.07, 6.45) is 3.66. The van der Waals surface area contributed by atoms with Crippen molar-refractivity contribution >= 4 is 28.6 Å². The third-order valence-corrected chi connectivity index (χ3v) is 9.43. The number of fused-ring (bicyclic) bond motifs is 2. The van der Waals surface area contributed by atoms with Crippen LogP contribution in [0.15, 0.2) is 60.8 Å². The summed E-state index contributed by atoms with van der Waals surface area (Å²) in [6, 6.07) is 16.6. The zero-order valence-corrected chi connectivity index (χ0v) is 29.6. The normalized spacial score (nSPS) is 17.8. The topological polar surface area (TPSA) is 143 Å². The Morgan fingerprint density at radius 1 is 0.920 bits per heavy atom. The number of aromatic nitrogens is 6. The Morgan fingerprint density at radius 3 is 2.46 bits per heavy atom. The quantitative estimate of drug-likeness (QED) is 0.229. The smallest absolute Gasteiger partial charge is 0.243 e. The predicted octanol–water partition coefficient (Wildman–Crippen LogP) is 4.67. The number of carbonyl (C=O) groups excluding carboxylic acids is 3. The number of benzene rings is 2. The molecule has 3 amide bonds. The van der Waals surface area contributed by atoms with E-state index in [0.29, 0.717) is 50.5 Å². The molecule has 0 radical (unpaired) electrons. The molecule has 3 aromatic heterocycles. The SMILES string of the molecule is Cc1nc2n(n1)CCN(C(=O)Cc1c(C)nn(-c3ccccc3)c1C)CCCC(=O)N[C@H](Cc1c[nH]c3ccccc13)C(=O)N[C@H]2CC(C)C. The summed E-state index contributed by atoms with van der Waals surface area (Å²) in [4.78, 5) is 51.3. The van der Waals surface area contributed by atoms with E-state index < -0.39 is 12.1 Å². The van der Waals surface area contributed by atoms with Crippen LogP contribution in [-0.4, -0.2) is 71.3 Å². The van der Waals surface area contributed by atoms with Gasteiger partial charge in [-0.1, -0.05) is 50.2 Å². The fourth-order valence-corrected chi connectivity index (χ4v) is 6.88. The van der Waals surface area contributed by atoms with Gasteiger partial charge in [-0.25, -0.2) is 14.3 Å². The maximum atomic E-state index is 14.0. The van der Waals surface area contributed by atoms with Crippen molar-refractivity contribution in [2.45, 2.75) is 85.4 Å². The number of carbonyl (C=O) groups is 3. The van der Waals surface area contributed by atoms with Gasteiger partial charge in [-0.15, -0.1) is 0 Å². The molecular weight excluding hydrogens is 630 g/mol. The van der Waals surface area contributed by atoms with Gasteiger partial charge >= 0.3 is 0 Å². The summed E-state index contributed by atoms with van der Waals surface area (Å²) < 4.78 is 3.71. The van der Waals surface area contributed by atoms with Crippen LogP contribution in [0.5, 0.6) is 0 Å². The van der Waals surface area contributed by atoms with Crippen LogP contribution >= 0.6 is 0 Å². The highest BCUT2D eigenvalue weighted by atomic mass is 16.2. The Hall–Kier alpha value is -5.26. The van der Waals surface area contributed by atoms with E-state index in [-0.39, 0.29) is 36.5 Å². The average Bonchev–Trinajstić information content (AvgIpc) is 3.76. The van der Waals surface area contributed by atoms with Gasteiger partial charge < -0.3 is 20.5 Å². The summed E-state index contributed by atoms with van der Waals surface area (Å²) in [7, 11) is 0. The van der Waals surface area contributed by atoms with Gasteiger partial charge in [0.05, 0.1) is 30.4 Å². The zero-order valence-electron chi connectivity index (χ0n) is 29.6. The number of H-pyrrole nitrogens is 1. The molecule has 0 saturated heterocycles. The van der Waals surface area contributed by atoms with Crippen LogP contribution in [0, 0.1) is 26.7 Å². The molecule has 0 bridgehead atoms. The molecule has 12 heteroatoms. The molecule has 0 spiro atoms. The largest absolute Gasteiger partial charge is 0.361 e. The van der Waals surface area contributed by atoms with E-state index >= 15 is 0 Å². The molecule has 2 aromatic carbocycles. The summed E-state index contributed by atoms with van der Waals surface area (Å²) in [6.45, 7) is 11.1.